The van der Waals surface area contributed by atoms with Crippen LogP contribution in [-0.4, -0.2) is 20.8 Å². The lowest BCUT2D eigenvalue weighted by Gasteiger charge is -2.29. The lowest BCUT2D eigenvalue weighted by molar-refractivity contribution is 0.0767. The summed E-state index contributed by atoms with van der Waals surface area (Å²) in [5, 5.41) is 10.8. The maximum atomic E-state index is 10.2. The van der Waals surface area contributed by atoms with Crippen molar-refractivity contribution in [1.82, 2.24) is 9.55 Å². The van der Waals surface area contributed by atoms with E-state index in [0.29, 0.717) is 9.79 Å². The van der Waals surface area contributed by atoms with Crippen molar-refractivity contribution in [3.8, 4) is 0 Å². The highest BCUT2D eigenvalue weighted by molar-refractivity contribution is 7.71. The number of hydrogen-bond acceptors (Lipinski definition) is 2. The fourth-order valence-corrected chi connectivity index (χ4v) is 3.39. The fourth-order valence-electron chi connectivity index (χ4n) is 2.84. The minimum Gasteiger partial charge on any atom is -0.391 e. The number of H-pyrrole nitrogens is 1. The van der Waals surface area contributed by atoms with Crippen LogP contribution in [0.15, 0.2) is 18.2 Å². The standard InChI is InChI=1S/C13H15ClN2OS/c14-8-4-3-6-10-12(8)15-13(18)16(10)9-5-1-2-7-11(9)17/h3-4,6,9,11,17H,1-2,5,7H2,(H,15,18). The van der Waals surface area contributed by atoms with Crippen LogP contribution in [0, 0.1) is 4.77 Å². The van der Waals surface area contributed by atoms with Crippen LogP contribution in [-0.2, 0) is 0 Å². The van der Waals surface area contributed by atoms with Gasteiger partial charge in [-0.1, -0.05) is 30.5 Å². The molecule has 0 radical (unpaired) electrons. The summed E-state index contributed by atoms with van der Waals surface area (Å²) in [6.07, 6.45) is 3.72. The molecular weight excluding hydrogens is 268 g/mol. The maximum Gasteiger partial charge on any atom is 0.178 e. The topological polar surface area (TPSA) is 41.0 Å². The predicted octanol–water partition coefficient (Wildman–Crippen LogP) is 3.83. The molecule has 3 rings (SSSR count). The molecule has 1 fully saturated rings. The third kappa shape index (κ3) is 1.88. The van der Waals surface area contributed by atoms with Gasteiger partial charge in [0.25, 0.3) is 0 Å². The smallest absolute Gasteiger partial charge is 0.178 e. The van der Waals surface area contributed by atoms with Gasteiger partial charge in [-0.05, 0) is 37.2 Å². The highest BCUT2D eigenvalue weighted by Gasteiger charge is 2.26. The van der Waals surface area contributed by atoms with E-state index in [1.54, 1.807) is 0 Å². The first-order valence-electron chi connectivity index (χ1n) is 6.25. The summed E-state index contributed by atoms with van der Waals surface area (Å²) in [5.41, 5.74) is 1.85. The zero-order chi connectivity index (χ0) is 12.7. The molecule has 96 valence electrons. The van der Waals surface area contributed by atoms with E-state index < -0.39 is 0 Å². The highest BCUT2D eigenvalue weighted by atomic mass is 35.5. The summed E-state index contributed by atoms with van der Waals surface area (Å²) < 4.78 is 2.67. The van der Waals surface area contributed by atoms with Gasteiger partial charge in [-0.25, -0.2) is 0 Å². The molecule has 1 aliphatic carbocycles. The molecule has 1 aromatic heterocycles. The number of halogens is 1. The Hall–Kier alpha value is -0.840. The zero-order valence-corrected chi connectivity index (χ0v) is 11.5. The summed E-state index contributed by atoms with van der Waals surface area (Å²) in [6, 6.07) is 5.82. The van der Waals surface area contributed by atoms with E-state index in [4.69, 9.17) is 23.8 Å². The van der Waals surface area contributed by atoms with Crippen LogP contribution in [0.2, 0.25) is 5.02 Å². The van der Waals surface area contributed by atoms with Crippen molar-refractivity contribution in [1.29, 1.82) is 0 Å². The fraction of sp³-hybridized carbons (Fsp3) is 0.462. The van der Waals surface area contributed by atoms with E-state index in [1.165, 1.54) is 0 Å². The quantitative estimate of drug-likeness (QED) is 0.781. The Morgan fingerprint density at radius 1 is 1.33 bits per heavy atom. The number of benzene rings is 1. The van der Waals surface area contributed by atoms with E-state index >= 15 is 0 Å². The van der Waals surface area contributed by atoms with Gasteiger partial charge in [-0.15, -0.1) is 0 Å². The van der Waals surface area contributed by atoms with Crippen LogP contribution in [0.3, 0.4) is 0 Å². The Labute approximate surface area is 115 Å². The van der Waals surface area contributed by atoms with Gasteiger partial charge in [-0.3, -0.25) is 0 Å². The number of aliphatic hydroxyl groups excluding tert-OH is 1. The van der Waals surface area contributed by atoms with Gasteiger partial charge in [0.2, 0.25) is 0 Å². The molecule has 0 aliphatic heterocycles. The number of rotatable bonds is 1. The Balaban J connectivity index is 2.19. The molecular formula is C13H15ClN2OS. The summed E-state index contributed by atoms with van der Waals surface area (Å²) >= 11 is 11.5. The first kappa shape index (κ1) is 12.2. The molecule has 2 unspecified atom stereocenters. The number of aromatic nitrogens is 2. The number of imidazole rings is 1. The van der Waals surface area contributed by atoms with Gasteiger partial charge in [0, 0.05) is 0 Å². The molecule has 0 spiro atoms. The number of nitrogens with zero attached hydrogens (tertiary/aromatic N) is 1. The highest BCUT2D eigenvalue weighted by Crippen LogP contribution is 2.33. The van der Waals surface area contributed by atoms with Gasteiger partial charge in [0.15, 0.2) is 4.77 Å². The third-order valence-electron chi connectivity index (χ3n) is 3.73. The molecule has 5 heteroatoms. The second kappa shape index (κ2) is 4.68. The Kier molecular flexibility index (Phi) is 3.18. The van der Waals surface area contributed by atoms with Crippen LogP contribution in [0.4, 0.5) is 0 Å². The largest absolute Gasteiger partial charge is 0.391 e. The number of aromatic amines is 1. The SMILES string of the molecule is OC1CCCCC1n1c(=S)[nH]c2c(Cl)cccc21. The lowest BCUT2D eigenvalue weighted by Crippen LogP contribution is -2.27. The maximum absolute atomic E-state index is 10.2. The van der Waals surface area contributed by atoms with Gasteiger partial charge in [0.05, 0.1) is 28.2 Å². The van der Waals surface area contributed by atoms with E-state index in [1.807, 2.05) is 22.8 Å². The minimum atomic E-state index is -0.316. The predicted molar refractivity (Wildman–Crippen MR) is 75.6 cm³/mol. The lowest BCUT2D eigenvalue weighted by atomic mass is 9.92. The van der Waals surface area contributed by atoms with Crippen molar-refractivity contribution >= 4 is 34.9 Å². The van der Waals surface area contributed by atoms with Gasteiger partial charge in [0.1, 0.15) is 0 Å². The molecule has 2 N–H and O–H groups in total. The monoisotopic (exact) mass is 282 g/mol. The normalized spacial score (nSPS) is 24.6. The number of fused-ring (bicyclic) bond motifs is 1. The first-order chi connectivity index (χ1) is 8.68. The molecule has 3 nitrogen and oxygen atoms in total. The van der Waals surface area contributed by atoms with E-state index in [9.17, 15) is 5.11 Å². The van der Waals surface area contributed by atoms with Crippen LogP contribution in [0.5, 0.6) is 0 Å². The molecule has 0 saturated heterocycles. The number of nitrogens with one attached hydrogen (secondary N) is 1. The summed E-state index contributed by atoms with van der Waals surface area (Å²) in [5.74, 6) is 0. The molecule has 1 saturated carbocycles. The van der Waals surface area contributed by atoms with Crippen LogP contribution >= 0.6 is 23.8 Å². The van der Waals surface area contributed by atoms with Crippen molar-refractivity contribution in [3.05, 3.63) is 28.0 Å². The van der Waals surface area contributed by atoms with Gasteiger partial charge in [-0.2, -0.15) is 0 Å². The molecule has 2 atom stereocenters. The number of aliphatic hydroxyl groups is 1. The van der Waals surface area contributed by atoms with Crippen molar-refractivity contribution in [2.24, 2.45) is 0 Å². The summed E-state index contributed by atoms with van der Waals surface area (Å²) in [6.45, 7) is 0. The van der Waals surface area contributed by atoms with Crippen LogP contribution < -0.4 is 0 Å². The number of para-hydroxylation sites is 1. The van der Waals surface area contributed by atoms with E-state index in [0.717, 1.165) is 36.7 Å². The zero-order valence-electron chi connectivity index (χ0n) is 9.90. The average molecular weight is 283 g/mol. The van der Waals surface area contributed by atoms with E-state index in [2.05, 4.69) is 4.98 Å². The average Bonchev–Trinajstić information content (AvgIpc) is 2.68. The molecule has 1 heterocycles. The van der Waals surface area contributed by atoms with Gasteiger partial charge >= 0.3 is 0 Å². The molecule has 0 bridgehead atoms. The Morgan fingerprint density at radius 2 is 2.11 bits per heavy atom. The summed E-state index contributed by atoms with van der Waals surface area (Å²) in [7, 11) is 0. The first-order valence-corrected chi connectivity index (χ1v) is 7.04. The third-order valence-corrected chi connectivity index (χ3v) is 4.34. The second-order valence-electron chi connectivity index (χ2n) is 4.85. The van der Waals surface area contributed by atoms with Crippen molar-refractivity contribution in [2.45, 2.75) is 37.8 Å². The molecule has 0 amide bonds. The van der Waals surface area contributed by atoms with Crippen molar-refractivity contribution in [3.63, 3.8) is 0 Å². The summed E-state index contributed by atoms with van der Waals surface area (Å²) in [4.78, 5) is 3.15. The Bertz CT molecular complexity index is 633. The molecule has 1 aromatic carbocycles. The number of hydrogen-bond donors (Lipinski definition) is 2. The molecule has 18 heavy (non-hydrogen) atoms. The van der Waals surface area contributed by atoms with E-state index in [-0.39, 0.29) is 12.1 Å². The Morgan fingerprint density at radius 3 is 2.89 bits per heavy atom. The van der Waals surface area contributed by atoms with Gasteiger partial charge < -0.3 is 14.7 Å². The van der Waals surface area contributed by atoms with Crippen LogP contribution in [0.25, 0.3) is 11.0 Å². The minimum absolute atomic E-state index is 0.0680. The molecule has 1 aliphatic rings. The van der Waals surface area contributed by atoms with Crippen molar-refractivity contribution in [2.75, 3.05) is 0 Å². The van der Waals surface area contributed by atoms with Crippen LogP contribution in [0.1, 0.15) is 31.7 Å². The second-order valence-corrected chi connectivity index (χ2v) is 5.65. The molecule has 2 aromatic rings. The van der Waals surface area contributed by atoms with Crippen molar-refractivity contribution < 1.29 is 5.11 Å².